The highest BCUT2D eigenvalue weighted by atomic mass is 16.5. The summed E-state index contributed by atoms with van der Waals surface area (Å²) in [5, 5.41) is 0. The summed E-state index contributed by atoms with van der Waals surface area (Å²) in [6, 6.07) is 7.13. The molecule has 0 aliphatic carbocycles. The van der Waals surface area contributed by atoms with Gasteiger partial charge in [0.1, 0.15) is 0 Å². The third kappa shape index (κ3) is 1.84. The van der Waals surface area contributed by atoms with Crippen molar-refractivity contribution in [3.05, 3.63) is 29.8 Å². The fourth-order valence-corrected chi connectivity index (χ4v) is 2.09. The third-order valence-electron chi connectivity index (χ3n) is 2.82. The van der Waals surface area contributed by atoms with Crippen molar-refractivity contribution in [1.29, 1.82) is 0 Å². The molecule has 0 N–H and O–H groups in total. The van der Waals surface area contributed by atoms with E-state index in [4.69, 9.17) is 11.2 Å². The van der Waals surface area contributed by atoms with Crippen LogP contribution < -0.4 is 4.90 Å². The summed E-state index contributed by atoms with van der Waals surface area (Å²) in [5.41, 5.74) is 1.36. The maximum absolute atomic E-state index is 12.2. The fourth-order valence-electron chi connectivity index (χ4n) is 2.09. The highest BCUT2D eigenvalue weighted by molar-refractivity contribution is 6.16. The van der Waals surface area contributed by atoms with Gasteiger partial charge >= 0.3 is 5.97 Å². The number of hydrogen-bond donors (Lipinski definition) is 0. The molecule has 1 heterocycles. The second-order valence-corrected chi connectivity index (χ2v) is 3.87. The number of carbonyl (C=O) groups is 2. The number of esters is 1. The third-order valence-corrected chi connectivity index (χ3v) is 2.82. The second kappa shape index (κ2) is 4.92. The zero-order valence-corrected chi connectivity index (χ0v) is 10.1. The van der Waals surface area contributed by atoms with Crippen molar-refractivity contribution in [2.45, 2.75) is 12.8 Å². The molecule has 1 aliphatic rings. The van der Waals surface area contributed by atoms with E-state index < -0.39 is 11.9 Å². The van der Waals surface area contributed by atoms with Gasteiger partial charge in [0, 0.05) is 5.69 Å². The first-order valence-corrected chi connectivity index (χ1v) is 5.71. The Morgan fingerprint density at radius 1 is 1.50 bits per heavy atom. The highest BCUT2D eigenvalue weighted by Crippen LogP contribution is 2.37. The van der Waals surface area contributed by atoms with Crippen LogP contribution in [0.2, 0.25) is 0 Å². The molecular formula is C14H13NO3. The highest BCUT2D eigenvalue weighted by Gasteiger charge is 2.42. The monoisotopic (exact) mass is 243 g/mol. The van der Waals surface area contributed by atoms with Gasteiger partial charge in [-0.2, -0.15) is 0 Å². The van der Waals surface area contributed by atoms with Gasteiger partial charge in [-0.25, -0.2) is 0 Å². The average Bonchev–Trinajstić information content (AvgIpc) is 2.64. The minimum absolute atomic E-state index is 0.158. The van der Waals surface area contributed by atoms with Crippen molar-refractivity contribution in [3.8, 4) is 12.3 Å². The number of carbonyl (C=O) groups excluding carboxylic acids is 2. The summed E-state index contributed by atoms with van der Waals surface area (Å²) in [7, 11) is 0. The Bertz CT molecular complexity index is 530. The molecule has 0 saturated carbocycles. The van der Waals surface area contributed by atoms with Crippen LogP contribution in [0.5, 0.6) is 0 Å². The van der Waals surface area contributed by atoms with E-state index in [2.05, 4.69) is 5.92 Å². The van der Waals surface area contributed by atoms with Gasteiger partial charge in [0.05, 0.1) is 13.2 Å². The molecule has 4 heteroatoms. The molecule has 1 aromatic carbocycles. The van der Waals surface area contributed by atoms with Gasteiger partial charge in [-0.1, -0.05) is 24.1 Å². The Hall–Kier alpha value is -2.28. The lowest BCUT2D eigenvalue weighted by molar-refractivity contribution is -0.147. The van der Waals surface area contributed by atoms with Crippen molar-refractivity contribution in [1.82, 2.24) is 0 Å². The Kier molecular flexibility index (Phi) is 3.33. The van der Waals surface area contributed by atoms with Gasteiger partial charge in [-0.05, 0) is 18.6 Å². The minimum Gasteiger partial charge on any atom is -0.465 e. The smallest absolute Gasteiger partial charge is 0.323 e. The molecule has 0 spiro atoms. The van der Waals surface area contributed by atoms with Crippen molar-refractivity contribution >= 4 is 17.6 Å². The molecule has 1 aromatic rings. The average molecular weight is 243 g/mol. The van der Waals surface area contributed by atoms with Gasteiger partial charge in [-0.3, -0.25) is 14.5 Å². The summed E-state index contributed by atoms with van der Waals surface area (Å²) in [5.74, 6) is 0.714. The maximum Gasteiger partial charge on any atom is 0.323 e. The first-order chi connectivity index (χ1) is 8.70. The number of benzene rings is 1. The van der Waals surface area contributed by atoms with Gasteiger partial charge in [0.2, 0.25) is 5.91 Å². The number of amides is 1. The standard InChI is InChI=1S/C14H13NO3/c1-3-9-15-11-8-6-5-7-10(11)12(13(15)16)14(17)18-4-2/h1,5-8,12H,4,9H2,2H3. The number of anilines is 1. The summed E-state index contributed by atoms with van der Waals surface area (Å²) in [6.07, 6.45) is 5.25. The molecule has 92 valence electrons. The van der Waals surface area contributed by atoms with Crippen LogP contribution in [0.1, 0.15) is 18.4 Å². The van der Waals surface area contributed by atoms with Gasteiger partial charge in [0.15, 0.2) is 5.92 Å². The van der Waals surface area contributed by atoms with E-state index in [1.165, 1.54) is 4.90 Å². The predicted molar refractivity (Wildman–Crippen MR) is 67.0 cm³/mol. The number of rotatable bonds is 3. The molecule has 1 aliphatic heterocycles. The SMILES string of the molecule is C#CCN1C(=O)C(C(=O)OCC)c2ccccc21. The molecule has 0 aromatic heterocycles. The molecule has 0 fully saturated rings. The number of terminal acetylenes is 1. The number of para-hydroxylation sites is 1. The van der Waals surface area contributed by atoms with Crippen LogP contribution >= 0.6 is 0 Å². The van der Waals surface area contributed by atoms with E-state index in [1.807, 2.05) is 6.07 Å². The largest absolute Gasteiger partial charge is 0.465 e. The molecule has 0 bridgehead atoms. The van der Waals surface area contributed by atoms with Crippen LogP contribution in [-0.2, 0) is 14.3 Å². The molecule has 18 heavy (non-hydrogen) atoms. The zero-order valence-electron chi connectivity index (χ0n) is 10.1. The van der Waals surface area contributed by atoms with Crippen LogP contribution in [0.4, 0.5) is 5.69 Å². The Morgan fingerprint density at radius 3 is 2.89 bits per heavy atom. The van der Waals surface area contributed by atoms with E-state index >= 15 is 0 Å². The molecular weight excluding hydrogens is 230 g/mol. The van der Waals surface area contributed by atoms with E-state index in [-0.39, 0.29) is 19.1 Å². The molecule has 0 saturated heterocycles. The van der Waals surface area contributed by atoms with Crippen molar-refractivity contribution in [3.63, 3.8) is 0 Å². The summed E-state index contributed by atoms with van der Waals surface area (Å²) in [4.78, 5) is 25.5. The van der Waals surface area contributed by atoms with E-state index in [1.54, 1.807) is 25.1 Å². The Morgan fingerprint density at radius 2 is 2.22 bits per heavy atom. The minimum atomic E-state index is -0.880. The molecule has 2 rings (SSSR count). The molecule has 4 nitrogen and oxygen atoms in total. The lowest BCUT2D eigenvalue weighted by Crippen LogP contribution is -2.32. The van der Waals surface area contributed by atoms with Crippen LogP contribution in [0.15, 0.2) is 24.3 Å². The van der Waals surface area contributed by atoms with Crippen molar-refractivity contribution < 1.29 is 14.3 Å². The molecule has 0 radical (unpaired) electrons. The number of nitrogens with zero attached hydrogens (tertiary/aromatic N) is 1. The van der Waals surface area contributed by atoms with Crippen LogP contribution in [0.3, 0.4) is 0 Å². The number of fused-ring (bicyclic) bond motifs is 1. The molecule has 1 amide bonds. The predicted octanol–water partition coefficient (Wildman–Crippen LogP) is 1.31. The normalized spacial score (nSPS) is 17.2. The summed E-state index contributed by atoms with van der Waals surface area (Å²) < 4.78 is 4.94. The van der Waals surface area contributed by atoms with Crippen LogP contribution in [0.25, 0.3) is 0 Å². The Labute approximate surface area is 106 Å². The Balaban J connectivity index is 2.42. The summed E-state index contributed by atoms with van der Waals surface area (Å²) >= 11 is 0. The molecule has 1 atom stereocenters. The summed E-state index contributed by atoms with van der Waals surface area (Å²) in [6.45, 7) is 2.12. The van der Waals surface area contributed by atoms with E-state index in [0.717, 1.165) is 0 Å². The van der Waals surface area contributed by atoms with Gasteiger partial charge < -0.3 is 4.74 Å². The first-order valence-electron chi connectivity index (χ1n) is 5.71. The zero-order chi connectivity index (χ0) is 13.1. The van der Waals surface area contributed by atoms with E-state index in [9.17, 15) is 9.59 Å². The van der Waals surface area contributed by atoms with Crippen LogP contribution in [-0.4, -0.2) is 25.0 Å². The number of hydrogen-bond acceptors (Lipinski definition) is 3. The van der Waals surface area contributed by atoms with Crippen LogP contribution in [0, 0.1) is 12.3 Å². The fraction of sp³-hybridized carbons (Fsp3) is 0.286. The maximum atomic E-state index is 12.2. The topological polar surface area (TPSA) is 46.6 Å². The number of ether oxygens (including phenoxy) is 1. The lowest BCUT2D eigenvalue weighted by atomic mass is 10.0. The van der Waals surface area contributed by atoms with Crippen molar-refractivity contribution in [2.24, 2.45) is 0 Å². The molecule has 1 unspecified atom stereocenters. The van der Waals surface area contributed by atoms with E-state index in [0.29, 0.717) is 11.3 Å². The quantitative estimate of drug-likeness (QED) is 0.457. The van der Waals surface area contributed by atoms with Gasteiger partial charge in [0.25, 0.3) is 0 Å². The van der Waals surface area contributed by atoms with Gasteiger partial charge in [-0.15, -0.1) is 6.42 Å². The first kappa shape index (κ1) is 12.2. The lowest BCUT2D eigenvalue weighted by Gasteiger charge is -2.13. The van der Waals surface area contributed by atoms with Crippen molar-refractivity contribution in [2.75, 3.05) is 18.1 Å². The second-order valence-electron chi connectivity index (χ2n) is 3.87.